The number of aliphatic hydroxyl groups is 1. The Morgan fingerprint density at radius 2 is 2.12 bits per heavy atom. The molecule has 0 saturated carbocycles. The van der Waals surface area contributed by atoms with Gasteiger partial charge in [0.2, 0.25) is 0 Å². The maximum absolute atomic E-state index is 13.8. The molecule has 1 aromatic carbocycles. The highest BCUT2D eigenvalue weighted by atomic mass is 79.9. The minimum absolute atomic E-state index is 0.205. The molecule has 1 N–H and O–H groups in total. The van der Waals surface area contributed by atoms with Crippen LogP contribution in [0.3, 0.4) is 0 Å². The highest BCUT2D eigenvalue weighted by Crippen LogP contribution is 2.41. The first kappa shape index (κ1) is 11.7. The summed E-state index contributed by atoms with van der Waals surface area (Å²) in [5.41, 5.74) is 0.205. The van der Waals surface area contributed by atoms with Crippen molar-refractivity contribution in [3.8, 4) is 11.5 Å². The van der Waals surface area contributed by atoms with Crippen molar-refractivity contribution < 1.29 is 19.0 Å². The average Bonchev–Trinajstić information content (AvgIpc) is 2.48. The summed E-state index contributed by atoms with van der Waals surface area (Å²) < 4.78 is 24.9. The molecule has 1 aliphatic heterocycles. The van der Waals surface area contributed by atoms with Gasteiger partial charge in [-0.1, -0.05) is 0 Å². The molecular weight excluding hydrogens is 279 g/mol. The number of benzene rings is 1. The van der Waals surface area contributed by atoms with Gasteiger partial charge >= 0.3 is 0 Å². The van der Waals surface area contributed by atoms with Crippen molar-refractivity contribution in [1.29, 1.82) is 0 Å². The normalized spacial score (nSPS) is 16.8. The molecular formula is C11H12BrFO3. The van der Waals surface area contributed by atoms with Crippen LogP contribution in [0.15, 0.2) is 10.5 Å². The maximum Gasteiger partial charge on any atom is 0.178 e. The second-order valence-corrected chi connectivity index (χ2v) is 4.44. The number of aliphatic hydroxyl groups excluding tert-OH is 1. The highest BCUT2D eigenvalue weighted by Gasteiger charge is 2.22. The summed E-state index contributed by atoms with van der Waals surface area (Å²) in [6, 6.07) is 1.49. The molecule has 0 bridgehead atoms. The van der Waals surface area contributed by atoms with Crippen LogP contribution in [-0.4, -0.2) is 18.3 Å². The second-order valence-electron chi connectivity index (χ2n) is 3.65. The van der Waals surface area contributed by atoms with Gasteiger partial charge in [-0.05, 0) is 28.9 Å². The SMILES string of the molecule is CC(O)c1cc2c(c(Br)c1F)OCCCO2. The number of hydrogen-bond donors (Lipinski definition) is 1. The molecule has 0 radical (unpaired) electrons. The Kier molecular flexibility index (Phi) is 3.35. The Labute approximate surface area is 101 Å². The standard InChI is InChI=1S/C11H12BrFO3/c1-6(14)7-5-8-11(9(12)10(7)13)16-4-2-3-15-8/h5-6,14H,2-4H2,1H3. The molecule has 3 nitrogen and oxygen atoms in total. The van der Waals surface area contributed by atoms with Crippen LogP contribution in [0.5, 0.6) is 11.5 Å². The third-order valence-corrected chi connectivity index (χ3v) is 3.11. The Morgan fingerprint density at radius 3 is 2.81 bits per heavy atom. The van der Waals surface area contributed by atoms with E-state index in [0.29, 0.717) is 24.7 Å². The van der Waals surface area contributed by atoms with Crippen molar-refractivity contribution in [3.05, 3.63) is 21.9 Å². The first-order chi connectivity index (χ1) is 7.61. The second kappa shape index (κ2) is 4.59. The van der Waals surface area contributed by atoms with E-state index < -0.39 is 11.9 Å². The molecule has 0 amide bonds. The van der Waals surface area contributed by atoms with Crippen LogP contribution in [0.4, 0.5) is 4.39 Å². The topological polar surface area (TPSA) is 38.7 Å². The molecule has 0 saturated heterocycles. The van der Waals surface area contributed by atoms with Crippen LogP contribution in [0, 0.1) is 5.82 Å². The van der Waals surface area contributed by atoms with Gasteiger partial charge in [-0.3, -0.25) is 0 Å². The van der Waals surface area contributed by atoms with Crippen molar-refractivity contribution in [2.45, 2.75) is 19.4 Å². The number of fused-ring (bicyclic) bond motifs is 1. The average molecular weight is 291 g/mol. The molecule has 88 valence electrons. The third kappa shape index (κ3) is 2.01. The van der Waals surface area contributed by atoms with Crippen molar-refractivity contribution in [1.82, 2.24) is 0 Å². The lowest BCUT2D eigenvalue weighted by molar-refractivity contribution is 0.193. The molecule has 0 spiro atoms. The Hall–Kier alpha value is -0.810. The van der Waals surface area contributed by atoms with Crippen molar-refractivity contribution in [2.24, 2.45) is 0 Å². The van der Waals surface area contributed by atoms with Crippen LogP contribution in [-0.2, 0) is 0 Å². The molecule has 1 atom stereocenters. The van der Waals surface area contributed by atoms with Gasteiger partial charge in [-0.2, -0.15) is 0 Å². The van der Waals surface area contributed by atoms with E-state index in [1.165, 1.54) is 13.0 Å². The molecule has 1 aromatic rings. The fraction of sp³-hybridized carbons (Fsp3) is 0.455. The van der Waals surface area contributed by atoms with Crippen LogP contribution in [0.2, 0.25) is 0 Å². The summed E-state index contributed by atoms with van der Waals surface area (Å²) in [6.45, 7) is 2.54. The molecule has 0 fully saturated rings. The van der Waals surface area contributed by atoms with E-state index in [0.717, 1.165) is 6.42 Å². The predicted octanol–water partition coefficient (Wildman–Crippen LogP) is 2.80. The van der Waals surface area contributed by atoms with Gasteiger partial charge in [0, 0.05) is 12.0 Å². The van der Waals surface area contributed by atoms with E-state index >= 15 is 0 Å². The summed E-state index contributed by atoms with van der Waals surface area (Å²) >= 11 is 3.13. The van der Waals surface area contributed by atoms with Crippen LogP contribution in [0.1, 0.15) is 25.0 Å². The van der Waals surface area contributed by atoms with Crippen LogP contribution < -0.4 is 9.47 Å². The Balaban J connectivity index is 2.55. The van der Waals surface area contributed by atoms with Gasteiger partial charge in [0.1, 0.15) is 5.82 Å². The summed E-state index contributed by atoms with van der Waals surface area (Å²) in [6.07, 6.45) is -0.124. The largest absolute Gasteiger partial charge is 0.490 e. The molecule has 1 aliphatic rings. The fourth-order valence-corrected chi connectivity index (χ4v) is 2.10. The van der Waals surface area contributed by atoms with Gasteiger partial charge in [0.25, 0.3) is 0 Å². The molecule has 16 heavy (non-hydrogen) atoms. The lowest BCUT2D eigenvalue weighted by Crippen LogP contribution is -2.01. The molecule has 1 unspecified atom stereocenters. The minimum atomic E-state index is -0.881. The highest BCUT2D eigenvalue weighted by molar-refractivity contribution is 9.10. The van der Waals surface area contributed by atoms with Gasteiger partial charge in [-0.15, -0.1) is 0 Å². The zero-order valence-electron chi connectivity index (χ0n) is 8.80. The van der Waals surface area contributed by atoms with E-state index in [1.807, 2.05) is 0 Å². The molecule has 2 rings (SSSR count). The zero-order chi connectivity index (χ0) is 11.7. The summed E-state index contributed by atoms with van der Waals surface area (Å²) in [5, 5.41) is 9.44. The Bertz CT molecular complexity index is 407. The first-order valence-electron chi connectivity index (χ1n) is 5.07. The van der Waals surface area contributed by atoms with Gasteiger partial charge < -0.3 is 14.6 Å². The van der Waals surface area contributed by atoms with Crippen molar-refractivity contribution in [3.63, 3.8) is 0 Å². The summed E-state index contributed by atoms with van der Waals surface area (Å²) in [5.74, 6) is 0.348. The molecule has 0 aliphatic carbocycles. The monoisotopic (exact) mass is 290 g/mol. The third-order valence-electron chi connectivity index (χ3n) is 2.40. The lowest BCUT2D eigenvalue weighted by atomic mass is 10.1. The van der Waals surface area contributed by atoms with Crippen LogP contribution >= 0.6 is 15.9 Å². The lowest BCUT2D eigenvalue weighted by Gasteiger charge is -2.14. The van der Waals surface area contributed by atoms with Crippen molar-refractivity contribution in [2.75, 3.05) is 13.2 Å². The summed E-state index contributed by atoms with van der Waals surface area (Å²) in [7, 11) is 0. The number of hydrogen-bond acceptors (Lipinski definition) is 3. The maximum atomic E-state index is 13.8. The van der Waals surface area contributed by atoms with Crippen LogP contribution in [0.25, 0.3) is 0 Å². The van der Waals surface area contributed by atoms with E-state index in [9.17, 15) is 9.50 Å². The van der Waals surface area contributed by atoms with Gasteiger partial charge in [0.05, 0.1) is 23.8 Å². The fourth-order valence-electron chi connectivity index (χ4n) is 1.57. The predicted molar refractivity (Wildman–Crippen MR) is 60.3 cm³/mol. The smallest absolute Gasteiger partial charge is 0.178 e. The molecule has 5 heteroatoms. The quantitative estimate of drug-likeness (QED) is 0.864. The zero-order valence-corrected chi connectivity index (χ0v) is 10.4. The summed E-state index contributed by atoms with van der Waals surface area (Å²) in [4.78, 5) is 0. The van der Waals surface area contributed by atoms with Gasteiger partial charge in [0.15, 0.2) is 11.5 Å². The number of ether oxygens (including phenoxy) is 2. The molecule has 1 heterocycles. The van der Waals surface area contributed by atoms with E-state index in [-0.39, 0.29) is 10.0 Å². The first-order valence-corrected chi connectivity index (χ1v) is 5.86. The van der Waals surface area contributed by atoms with E-state index in [1.54, 1.807) is 0 Å². The Morgan fingerprint density at radius 1 is 1.44 bits per heavy atom. The minimum Gasteiger partial charge on any atom is -0.490 e. The number of halogens is 2. The van der Waals surface area contributed by atoms with Crippen molar-refractivity contribution >= 4 is 15.9 Å². The van der Waals surface area contributed by atoms with Gasteiger partial charge in [-0.25, -0.2) is 4.39 Å². The van der Waals surface area contributed by atoms with E-state index in [2.05, 4.69) is 15.9 Å². The van der Waals surface area contributed by atoms with E-state index in [4.69, 9.17) is 9.47 Å². The number of rotatable bonds is 1. The molecule has 0 aromatic heterocycles.